The lowest BCUT2D eigenvalue weighted by Crippen LogP contribution is -2.44. The summed E-state index contributed by atoms with van der Waals surface area (Å²) in [6, 6.07) is 0. The Balaban J connectivity index is 1.71. The SMILES string of the molecule is Cc1cnn(CC(=O)N2CCOC(c3nccnc3N(C)C)C2)c1. The molecule has 3 heterocycles. The Morgan fingerprint density at radius 3 is 2.88 bits per heavy atom. The van der Waals surface area contributed by atoms with E-state index in [1.807, 2.05) is 32.1 Å². The molecule has 0 bridgehead atoms. The maximum absolute atomic E-state index is 12.5. The second-order valence-electron chi connectivity index (χ2n) is 6.07. The van der Waals surface area contributed by atoms with Crippen LogP contribution in [0.4, 0.5) is 5.82 Å². The number of ether oxygens (including phenoxy) is 1. The van der Waals surface area contributed by atoms with Gasteiger partial charge in [-0.3, -0.25) is 14.5 Å². The van der Waals surface area contributed by atoms with Crippen molar-refractivity contribution in [2.24, 2.45) is 0 Å². The molecule has 0 radical (unpaired) electrons. The summed E-state index contributed by atoms with van der Waals surface area (Å²) in [5.41, 5.74) is 1.80. The van der Waals surface area contributed by atoms with E-state index in [0.29, 0.717) is 19.7 Å². The van der Waals surface area contributed by atoms with E-state index in [1.165, 1.54) is 0 Å². The molecular formula is C16H22N6O2. The predicted molar refractivity (Wildman–Crippen MR) is 88.6 cm³/mol. The second kappa shape index (κ2) is 6.96. The Kier molecular flexibility index (Phi) is 4.75. The van der Waals surface area contributed by atoms with Gasteiger partial charge in [0.25, 0.3) is 0 Å². The number of anilines is 1. The van der Waals surface area contributed by atoms with E-state index in [2.05, 4.69) is 15.1 Å². The number of rotatable bonds is 4. The van der Waals surface area contributed by atoms with E-state index in [0.717, 1.165) is 17.1 Å². The van der Waals surface area contributed by atoms with Gasteiger partial charge in [0.1, 0.15) is 18.3 Å². The van der Waals surface area contributed by atoms with Gasteiger partial charge in [0, 0.05) is 39.2 Å². The van der Waals surface area contributed by atoms with E-state index in [-0.39, 0.29) is 18.6 Å². The first-order chi connectivity index (χ1) is 11.5. The van der Waals surface area contributed by atoms with Crippen molar-refractivity contribution in [1.29, 1.82) is 0 Å². The fourth-order valence-electron chi connectivity index (χ4n) is 2.75. The molecule has 8 heteroatoms. The van der Waals surface area contributed by atoms with Gasteiger partial charge in [-0.2, -0.15) is 5.10 Å². The standard InChI is InChI=1S/C16H22N6O2/c1-12-8-19-22(9-12)11-14(23)21-6-7-24-13(10-21)15-16(20(2)3)18-5-4-17-15/h4-5,8-9,13H,6-7,10-11H2,1-3H3. The second-order valence-corrected chi connectivity index (χ2v) is 6.07. The summed E-state index contributed by atoms with van der Waals surface area (Å²) in [4.78, 5) is 25.0. The van der Waals surface area contributed by atoms with Crippen LogP contribution in [0.1, 0.15) is 17.4 Å². The maximum atomic E-state index is 12.5. The van der Waals surface area contributed by atoms with Crippen LogP contribution in [0.25, 0.3) is 0 Å². The molecule has 1 aliphatic heterocycles. The number of amides is 1. The molecule has 1 atom stereocenters. The average Bonchev–Trinajstić information content (AvgIpc) is 2.99. The number of aromatic nitrogens is 4. The summed E-state index contributed by atoms with van der Waals surface area (Å²) in [7, 11) is 3.83. The first-order valence-electron chi connectivity index (χ1n) is 7.91. The van der Waals surface area contributed by atoms with Crippen LogP contribution in [0.5, 0.6) is 0 Å². The summed E-state index contributed by atoms with van der Waals surface area (Å²) in [5.74, 6) is 0.793. The molecule has 0 N–H and O–H groups in total. The van der Waals surface area contributed by atoms with Crippen molar-refractivity contribution in [3.8, 4) is 0 Å². The lowest BCUT2D eigenvalue weighted by atomic mass is 10.2. The molecule has 1 saturated heterocycles. The molecular weight excluding hydrogens is 308 g/mol. The van der Waals surface area contributed by atoms with Crippen LogP contribution in [-0.2, 0) is 16.1 Å². The third-order valence-electron chi connectivity index (χ3n) is 3.91. The van der Waals surface area contributed by atoms with Gasteiger partial charge in [-0.05, 0) is 12.5 Å². The minimum absolute atomic E-state index is 0.0293. The summed E-state index contributed by atoms with van der Waals surface area (Å²) < 4.78 is 7.51. The number of hydrogen-bond acceptors (Lipinski definition) is 6. The third-order valence-corrected chi connectivity index (χ3v) is 3.91. The van der Waals surface area contributed by atoms with Gasteiger partial charge in [-0.1, -0.05) is 0 Å². The van der Waals surface area contributed by atoms with Gasteiger partial charge in [-0.15, -0.1) is 0 Å². The highest BCUT2D eigenvalue weighted by molar-refractivity contribution is 5.76. The molecule has 0 aliphatic carbocycles. The van der Waals surface area contributed by atoms with Crippen LogP contribution in [0.2, 0.25) is 0 Å². The first-order valence-corrected chi connectivity index (χ1v) is 7.91. The van der Waals surface area contributed by atoms with Gasteiger partial charge >= 0.3 is 0 Å². The number of morpholine rings is 1. The molecule has 8 nitrogen and oxygen atoms in total. The molecule has 1 fully saturated rings. The quantitative estimate of drug-likeness (QED) is 0.819. The molecule has 128 valence electrons. The highest BCUT2D eigenvalue weighted by Crippen LogP contribution is 2.26. The minimum atomic E-state index is -0.270. The number of aryl methyl sites for hydroxylation is 1. The van der Waals surface area contributed by atoms with E-state index in [4.69, 9.17) is 4.74 Å². The largest absolute Gasteiger partial charge is 0.368 e. The van der Waals surface area contributed by atoms with Crippen molar-refractivity contribution in [2.75, 3.05) is 38.7 Å². The van der Waals surface area contributed by atoms with Crippen LogP contribution in [-0.4, -0.2) is 64.3 Å². The summed E-state index contributed by atoms with van der Waals surface area (Å²) in [5, 5.41) is 4.17. The van der Waals surface area contributed by atoms with E-state index in [1.54, 1.807) is 28.2 Å². The molecule has 1 amide bonds. The lowest BCUT2D eigenvalue weighted by Gasteiger charge is -2.33. The zero-order chi connectivity index (χ0) is 17.1. The molecule has 0 aromatic carbocycles. The Hall–Kier alpha value is -2.48. The van der Waals surface area contributed by atoms with Crippen LogP contribution in [0, 0.1) is 6.92 Å². The van der Waals surface area contributed by atoms with Crippen molar-refractivity contribution < 1.29 is 9.53 Å². The van der Waals surface area contributed by atoms with Crippen LogP contribution in [0.3, 0.4) is 0 Å². The Morgan fingerprint density at radius 1 is 1.38 bits per heavy atom. The van der Waals surface area contributed by atoms with Crippen molar-refractivity contribution in [1.82, 2.24) is 24.6 Å². The van der Waals surface area contributed by atoms with Crippen LogP contribution < -0.4 is 4.90 Å². The topological polar surface area (TPSA) is 76.4 Å². The van der Waals surface area contributed by atoms with E-state index < -0.39 is 0 Å². The smallest absolute Gasteiger partial charge is 0.244 e. The number of hydrogen-bond donors (Lipinski definition) is 0. The average molecular weight is 330 g/mol. The van der Waals surface area contributed by atoms with Crippen LogP contribution in [0.15, 0.2) is 24.8 Å². The van der Waals surface area contributed by atoms with Crippen molar-refractivity contribution in [3.63, 3.8) is 0 Å². The summed E-state index contributed by atoms with van der Waals surface area (Å²) in [6.07, 6.45) is 6.65. The number of nitrogens with zero attached hydrogens (tertiary/aromatic N) is 6. The van der Waals surface area contributed by atoms with Gasteiger partial charge in [-0.25, -0.2) is 4.98 Å². The molecule has 1 aliphatic rings. The molecule has 0 saturated carbocycles. The van der Waals surface area contributed by atoms with Crippen molar-refractivity contribution in [3.05, 3.63) is 36.0 Å². The predicted octanol–water partition coefficient (Wildman–Crippen LogP) is 0.648. The van der Waals surface area contributed by atoms with Gasteiger partial charge in [0.15, 0.2) is 5.82 Å². The zero-order valence-corrected chi connectivity index (χ0v) is 14.2. The zero-order valence-electron chi connectivity index (χ0n) is 14.2. The molecule has 1 unspecified atom stereocenters. The molecule has 24 heavy (non-hydrogen) atoms. The molecule has 0 spiro atoms. The van der Waals surface area contributed by atoms with Crippen LogP contribution >= 0.6 is 0 Å². The van der Waals surface area contributed by atoms with Gasteiger partial charge in [0.2, 0.25) is 5.91 Å². The lowest BCUT2D eigenvalue weighted by molar-refractivity contribution is -0.140. The van der Waals surface area contributed by atoms with Crippen molar-refractivity contribution >= 4 is 11.7 Å². The Labute approximate surface area is 141 Å². The highest BCUT2D eigenvalue weighted by atomic mass is 16.5. The highest BCUT2D eigenvalue weighted by Gasteiger charge is 2.29. The van der Waals surface area contributed by atoms with Gasteiger partial charge in [0.05, 0.1) is 19.3 Å². The number of carbonyl (C=O) groups excluding carboxylic acids is 1. The maximum Gasteiger partial charge on any atom is 0.244 e. The summed E-state index contributed by atoms with van der Waals surface area (Å²) in [6.45, 7) is 3.72. The normalized spacial score (nSPS) is 17.8. The molecule has 2 aromatic rings. The number of carbonyl (C=O) groups is 1. The summed E-state index contributed by atoms with van der Waals surface area (Å²) >= 11 is 0. The first kappa shape index (κ1) is 16.4. The van der Waals surface area contributed by atoms with E-state index in [9.17, 15) is 4.79 Å². The van der Waals surface area contributed by atoms with Crippen molar-refractivity contribution in [2.45, 2.75) is 19.6 Å². The third kappa shape index (κ3) is 3.53. The minimum Gasteiger partial charge on any atom is -0.368 e. The van der Waals surface area contributed by atoms with Gasteiger partial charge < -0.3 is 14.5 Å². The monoisotopic (exact) mass is 330 g/mol. The Morgan fingerprint density at radius 2 is 2.17 bits per heavy atom. The fourth-order valence-corrected chi connectivity index (χ4v) is 2.75. The molecule has 2 aromatic heterocycles. The molecule has 3 rings (SSSR count). The Bertz CT molecular complexity index is 714. The van der Waals surface area contributed by atoms with E-state index >= 15 is 0 Å². The fraction of sp³-hybridized carbons (Fsp3) is 0.500.